The first-order valence-electron chi connectivity index (χ1n) is 5.95. The Morgan fingerprint density at radius 3 is 2.44 bits per heavy atom. The van der Waals surface area contributed by atoms with Crippen LogP contribution in [0, 0.1) is 5.92 Å². The molecule has 0 aromatic carbocycles. The summed E-state index contributed by atoms with van der Waals surface area (Å²) in [5, 5.41) is 0. The molecule has 1 aromatic rings. The van der Waals surface area contributed by atoms with E-state index in [4.69, 9.17) is 14.9 Å². The Bertz CT molecular complexity index is 280. The molecule has 1 heterocycles. The molecule has 16 heavy (non-hydrogen) atoms. The second-order valence-corrected chi connectivity index (χ2v) is 4.87. The van der Waals surface area contributed by atoms with Crippen LogP contribution in [0.2, 0.25) is 0 Å². The van der Waals surface area contributed by atoms with E-state index < -0.39 is 0 Å². The molecular formula is C13H23NO2. The Morgan fingerprint density at radius 1 is 1.31 bits per heavy atom. The lowest BCUT2D eigenvalue weighted by atomic mass is 10.1. The van der Waals surface area contributed by atoms with E-state index in [0.717, 1.165) is 12.2 Å². The van der Waals surface area contributed by atoms with Gasteiger partial charge in [0.1, 0.15) is 11.9 Å². The third-order valence-corrected chi connectivity index (χ3v) is 2.48. The lowest BCUT2D eigenvalue weighted by Gasteiger charge is -2.24. The Kier molecular flexibility index (Phi) is 5.03. The van der Waals surface area contributed by atoms with E-state index in [0.29, 0.717) is 5.92 Å². The normalized spacial score (nSPS) is 17.4. The van der Waals surface area contributed by atoms with Crippen LogP contribution in [-0.2, 0) is 4.74 Å². The molecule has 0 aliphatic carbocycles. The van der Waals surface area contributed by atoms with Crippen molar-refractivity contribution in [2.75, 3.05) is 0 Å². The van der Waals surface area contributed by atoms with Gasteiger partial charge in [-0.1, -0.05) is 13.8 Å². The number of nitrogens with two attached hydrogens (primary N) is 1. The van der Waals surface area contributed by atoms with Crippen LogP contribution in [0.4, 0.5) is 0 Å². The maximum atomic E-state index is 5.95. The Hall–Kier alpha value is -0.800. The van der Waals surface area contributed by atoms with E-state index >= 15 is 0 Å². The third-order valence-electron chi connectivity index (χ3n) is 2.48. The van der Waals surface area contributed by atoms with Crippen LogP contribution in [0.25, 0.3) is 0 Å². The summed E-state index contributed by atoms with van der Waals surface area (Å²) in [6.45, 7) is 8.40. The van der Waals surface area contributed by atoms with E-state index in [1.165, 1.54) is 0 Å². The summed E-state index contributed by atoms with van der Waals surface area (Å²) < 4.78 is 11.3. The molecule has 3 atom stereocenters. The van der Waals surface area contributed by atoms with Crippen molar-refractivity contribution in [1.29, 1.82) is 0 Å². The molecular weight excluding hydrogens is 202 g/mol. The summed E-state index contributed by atoms with van der Waals surface area (Å²) in [7, 11) is 0. The molecule has 0 amide bonds. The smallest absolute Gasteiger partial charge is 0.134 e. The zero-order chi connectivity index (χ0) is 12.1. The van der Waals surface area contributed by atoms with E-state index in [2.05, 4.69) is 20.8 Å². The summed E-state index contributed by atoms with van der Waals surface area (Å²) in [5.41, 5.74) is 5.92. The maximum Gasteiger partial charge on any atom is 0.134 e. The third kappa shape index (κ3) is 3.99. The van der Waals surface area contributed by atoms with Crippen LogP contribution in [0.15, 0.2) is 22.8 Å². The van der Waals surface area contributed by atoms with Crippen molar-refractivity contribution in [3.63, 3.8) is 0 Å². The van der Waals surface area contributed by atoms with Crippen molar-refractivity contribution in [2.24, 2.45) is 11.7 Å². The number of rotatable bonds is 6. The van der Waals surface area contributed by atoms with Gasteiger partial charge in [0.2, 0.25) is 0 Å². The highest BCUT2D eigenvalue weighted by Gasteiger charge is 2.22. The van der Waals surface area contributed by atoms with Crippen molar-refractivity contribution in [3.8, 4) is 0 Å². The summed E-state index contributed by atoms with van der Waals surface area (Å²) in [6.07, 6.45) is 2.73. The number of furan rings is 1. The van der Waals surface area contributed by atoms with Gasteiger partial charge in [-0.15, -0.1) is 0 Å². The molecule has 3 nitrogen and oxygen atoms in total. The van der Waals surface area contributed by atoms with Gasteiger partial charge in [0.25, 0.3) is 0 Å². The van der Waals surface area contributed by atoms with Gasteiger partial charge in [-0.25, -0.2) is 0 Å². The zero-order valence-electron chi connectivity index (χ0n) is 10.6. The number of hydrogen-bond acceptors (Lipinski definition) is 3. The zero-order valence-corrected chi connectivity index (χ0v) is 10.6. The second-order valence-electron chi connectivity index (χ2n) is 4.87. The molecule has 3 heteroatoms. The minimum atomic E-state index is -0.149. The van der Waals surface area contributed by atoms with Gasteiger partial charge in [-0.3, -0.25) is 0 Å². The molecule has 0 aliphatic heterocycles. The van der Waals surface area contributed by atoms with Gasteiger partial charge >= 0.3 is 0 Å². The first-order chi connectivity index (χ1) is 7.50. The molecule has 1 rings (SSSR count). The summed E-state index contributed by atoms with van der Waals surface area (Å²) in [6, 6.07) is 3.71. The van der Waals surface area contributed by atoms with Gasteiger partial charge in [0.05, 0.1) is 12.4 Å². The number of ether oxygens (including phenoxy) is 1. The molecule has 2 N–H and O–H groups in total. The lowest BCUT2D eigenvalue weighted by Crippen LogP contribution is -2.29. The maximum absolute atomic E-state index is 5.95. The first kappa shape index (κ1) is 13.3. The van der Waals surface area contributed by atoms with Crippen LogP contribution in [0.3, 0.4) is 0 Å². The van der Waals surface area contributed by atoms with E-state index in [9.17, 15) is 0 Å². The SMILES string of the molecule is CC(C)CC(C)OC(c1ccco1)C(C)N. The predicted octanol–water partition coefficient (Wildman–Crippen LogP) is 3.12. The van der Waals surface area contributed by atoms with Crippen molar-refractivity contribution in [1.82, 2.24) is 0 Å². The van der Waals surface area contributed by atoms with Gasteiger partial charge < -0.3 is 14.9 Å². The average molecular weight is 225 g/mol. The standard InChI is InChI=1S/C13H23NO2/c1-9(2)8-10(3)16-13(11(4)14)12-6-5-7-15-12/h5-7,9-11,13H,8,14H2,1-4H3. The molecule has 0 radical (unpaired) electrons. The highest BCUT2D eigenvalue weighted by atomic mass is 16.5. The Morgan fingerprint density at radius 2 is 2.00 bits per heavy atom. The fraction of sp³-hybridized carbons (Fsp3) is 0.692. The minimum absolute atomic E-state index is 0.0687. The monoisotopic (exact) mass is 225 g/mol. The first-order valence-corrected chi connectivity index (χ1v) is 5.95. The van der Waals surface area contributed by atoms with Crippen LogP contribution in [0.5, 0.6) is 0 Å². The molecule has 0 saturated carbocycles. The summed E-state index contributed by atoms with van der Waals surface area (Å²) in [4.78, 5) is 0. The van der Waals surface area contributed by atoms with Gasteiger partial charge in [0.15, 0.2) is 0 Å². The number of hydrogen-bond donors (Lipinski definition) is 1. The van der Waals surface area contributed by atoms with E-state index in [1.54, 1.807) is 6.26 Å². The van der Waals surface area contributed by atoms with Crippen molar-refractivity contribution < 1.29 is 9.15 Å². The minimum Gasteiger partial charge on any atom is -0.467 e. The van der Waals surface area contributed by atoms with E-state index in [1.807, 2.05) is 19.1 Å². The molecule has 0 aliphatic rings. The highest BCUT2D eigenvalue weighted by Crippen LogP contribution is 2.24. The molecule has 1 aromatic heterocycles. The molecule has 3 unspecified atom stereocenters. The molecule has 0 fully saturated rings. The van der Waals surface area contributed by atoms with E-state index in [-0.39, 0.29) is 18.2 Å². The van der Waals surface area contributed by atoms with Crippen LogP contribution in [0.1, 0.15) is 46.0 Å². The van der Waals surface area contributed by atoms with Crippen molar-refractivity contribution in [2.45, 2.75) is 52.4 Å². The quantitative estimate of drug-likeness (QED) is 0.809. The summed E-state index contributed by atoms with van der Waals surface area (Å²) >= 11 is 0. The molecule has 0 spiro atoms. The van der Waals surface area contributed by atoms with Crippen molar-refractivity contribution >= 4 is 0 Å². The largest absolute Gasteiger partial charge is 0.467 e. The summed E-state index contributed by atoms with van der Waals surface area (Å²) in [5.74, 6) is 1.44. The van der Waals surface area contributed by atoms with Crippen molar-refractivity contribution in [3.05, 3.63) is 24.2 Å². The second kappa shape index (κ2) is 6.06. The molecule has 92 valence electrons. The molecule has 0 bridgehead atoms. The topological polar surface area (TPSA) is 48.4 Å². The van der Waals surface area contributed by atoms with Gasteiger partial charge in [0, 0.05) is 6.04 Å². The van der Waals surface area contributed by atoms with Crippen LogP contribution >= 0.6 is 0 Å². The highest BCUT2D eigenvalue weighted by molar-refractivity contribution is 5.04. The predicted molar refractivity (Wildman–Crippen MR) is 65.1 cm³/mol. The fourth-order valence-corrected chi connectivity index (χ4v) is 1.87. The van der Waals surface area contributed by atoms with Gasteiger partial charge in [-0.05, 0) is 38.3 Å². The Labute approximate surface area is 98.0 Å². The van der Waals surface area contributed by atoms with Crippen LogP contribution < -0.4 is 5.73 Å². The lowest BCUT2D eigenvalue weighted by molar-refractivity contribution is -0.0341. The molecule has 0 saturated heterocycles. The fourth-order valence-electron chi connectivity index (χ4n) is 1.87. The Balaban J connectivity index is 2.59. The van der Waals surface area contributed by atoms with Crippen LogP contribution in [-0.4, -0.2) is 12.1 Å². The van der Waals surface area contributed by atoms with Gasteiger partial charge in [-0.2, -0.15) is 0 Å². The average Bonchev–Trinajstić information content (AvgIpc) is 2.64.